The molecule has 0 aromatic heterocycles. The molecule has 0 bridgehead atoms. The van der Waals surface area contributed by atoms with Crippen LogP contribution in [-0.2, 0) is 4.79 Å². The van der Waals surface area contributed by atoms with Crippen LogP contribution in [-0.4, -0.2) is 31.5 Å². The van der Waals surface area contributed by atoms with E-state index in [0.717, 1.165) is 0 Å². The molecular formula is C18H17FN2O3. The zero-order chi connectivity index (χ0) is 17.1. The van der Waals surface area contributed by atoms with Gasteiger partial charge in [0.1, 0.15) is 11.6 Å². The molecule has 0 spiro atoms. The maximum Gasteiger partial charge on any atom is 0.251 e. The van der Waals surface area contributed by atoms with Gasteiger partial charge in [-0.3, -0.25) is 9.59 Å². The van der Waals surface area contributed by atoms with Crippen molar-refractivity contribution in [3.8, 4) is 5.75 Å². The third-order valence-electron chi connectivity index (χ3n) is 3.95. The van der Waals surface area contributed by atoms with Crippen LogP contribution >= 0.6 is 0 Å². The molecule has 1 N–H and O–H groups in total. The Hall–Kier alpha value is -2.89. The van der Waals surface area contributed by atoms with Crippen LogP contribution in [0.25, 0.3) is 0 Å². The van der Waals surface area contributed by atoms with E-state index < -0.39 is 0 Å². The van der Waals surface area contributed by atoms with Crippen molar-refractivity contribution in [1.82, 2.24) is 5.32 Å². The molecule has 1 fully saturated rings. The highest BCUT2D eigenvalue weighted by Gasteiger charge is 2.31. The number of ether oxygens (including phenoxy) is 1. The Kier molecular flexibility index (Phi) is 4.46. The van der Waals surface area contributed by atoms with Gasteiger partial charge in [-0.1, -0.05) is 0 Å². The van der Waals surface area contributed by atoms with Crippen LogP contribution in [0.5, 0.6) is 5.75 Å². The van der Waals surface area contributed by atoms with Crippen molar-refractivity contribution >= 4 is 17.5 Å². The first kappa shape index (κ1) is 16.0. The molecule has 2 amide bonds. The number of carbonyl (C=O) groups excluding carboxylic acids is 2. The molecule has 1 heterocycles. The summed E-state index contributed by atoms with van der Waals surface area (Å²) in [7, 11) is 1.56. The van der Waals surface area contributed by atoms with Gasteiger partial charge in [-0.25, -0.2) is 4.39 Å². The lowest BCUT2D eigenvalue weighted by atomic mass is 10.2. The van der Waals surface area contributed by atoms with Crippen LogP contribution in [0.4, 0.5) is 10.1 Å². The molecule has 1 saturated heterocycles. The number of benzene rings is 2. The largest absolute Gasteiger partial charge is 0.497 e. The molecule has 24 heavy (non-hydrogen) atoms. The first-order chi connectivity index (χ1) is 11.6. The zero-order valence-electron chi connectivity index (χ0n) is 13.2. The number of hydrogen-bond donors (Lipinski definition) is 1. The van der Waals surface area contributed by atoms with E-state index in [2.05, 4.69) is 5.32 Å². The average molecular weight is 328 g/mol. The van der Waals surface area contributed by atoms with Crippen molar-refractivity contribution in [3.05, 3.63) is 59.9 Å². The Morgan fingerprint density at radius 1 is 1.17 bits per heavy atom. The fourth-order valence-corrected chi connectivity index (χ4v) is 2.69. The summed E-state index contributed by atoms with van der Waals surface area (Å²) in [6, 6.07) is 12.2. The van der Waals surface area contributed by atoms with Crippen molar-refractivity contribution in [2.24, 2.45) is 0 Å². The molecule has 0 radical (unpaired) electrons. The topological polar surface area (TPSA) is 58.6 Å². The predicted octanol–water partition coefficient (Wildman–Crippen LogP) is 2.37. The first-order valence-electron chi connectivity index (χ1n) is 7.57. The number of nitrogens with one attached hydrogen (secondary N) is 1. The van der Waals surface area contributed by atoms with E-state index in [0.29, 0.717) is 23.5 Å². The van der Waals surface area contributed by atoms with Crippen molar-refractivity contribution in [2.45, 2.75) is 12.5 Å². The quantitative estimate of drug-likeness (QED) is 0.937. The number of methoxy groups -OCH3 is 1. The molecule has 0 saturated carbocycles. The van der Waals surface area contributed by atoms with E-state index >= 15 is 0 Å². The summed E-state index contributed by atoms with van der Waals surface area (Å²) in [5, 5.41) is 2.86. The number of nitrogens with zero attached hydrogens (tertiary/aromatic N) is 1. The SMILES string of the molecule is COc1ccc(C(=O)N[C@@H]2CC(=O)N(c3ccc(F)cc3)C2)cc1. The van der Waals surface area contributed by atoms with Crippen LogP contribution in [0.2, 0.25) is 0 Å². The second kappa shape index (κ2) is 6.70. The first-order valence-corrected chi connectivity index (χ1v) is 7.57. The van der Waals surface area contributed by atoms with Gasteiger partial charge in [0.25, 0.3) is 5.91 Å². The molecule has 1 atom stereocenters. The summed E-state index contributed by atoms with van der Waals surface area (Å²) in [4.78, 5) is 26.0. The van der Waals surface area contributed by atoms with Crippen molar-refractivity contribution in [2.75, 3.05) is 18.6 Å². The lowest BCUT2D eigenvalue weighted by molar-refractivity contribution is -0.117. The molecular weight excluding hydrogens is 311 g/mol. The van der Waals surface area contributed by atoms with Crippen LogP contribution in [0.1, 0.15) is 16.8 Å². The minimum absolute atomic E-state index is 0.0957. The Morgan fingerprint density at radius 3 is 2.46 bits per heavy atom. The fourth-order valence-electron chi connectivity index (χ4n) is 2.69. The molecule has 5 nitrogen and oxygen atoms in total. The molecule has 3 rings (SSSR count). The van der Waals surface area contributed by atoms with Gasteiger partial charge in [-0.05, 0) is 48.5 Å². The zero-order valence-corrected chi connectivity index (χ0v) is 13.2. The molecule has 1 aliphatic heterocycles. The Morgan fingerprint density at radius 2 is 1.83 bits per heavy atom. The van der Waals surface area contributed by atoms with E-state index in [1.54, 1.807) is 48.4 Å². The Balaban J connectivity index is 1.65. The van der Waals surface area contributed by atoms with E-state index in [1.807, 2.05) is 0 Å². The third kappa shape index (κ3) is 3.37. The van der Waals surface area contributed by atoms with Gasteiger partial charge in [0.15, 0.2) is 0 Å². The van der Waals surface area contributed by atoms with Gasteiger partial charge >= 0.3 is 0 Å². The highest BCUT2D eigenvalue weighted by molar-refractivity contribution is 5.99. The summed E-state index contributed by atoms with van der Waals surface area (Å²) < 4.78 is 18.0. The highest BCUT2D eigenvalue weighted by Crippen LogP contribution is 2.22. The molecule has 6 heteroatoms. The summed E-state index contributed by atoms with van der Waals surface area (Å²) >= 11 is 0. The third-order valence-corrected chi connectivity index (χ3v) is 3.95. The minimum atomic E-state index is -0.352. The van der Waals surface area contributed by atoms with E-state index in [4.69, 9.17) is 4.74 Å². The van der Waals surface area contributed by atoms with Crippen LogP contribution < -0.4 is 15.0 Å². The van der Waals surface area contributed by atoms with Gasteiger partial charge < -0.3 is 15.0 Å². The molecule has 124 valence electrons. The van der Waals surface area contributed by atoms with Crippen molar-refractivity contribution < 1.29 is 18.7 Å². The standard InChI is InChI=1S/C18H17FN2O3/c1-24-16-8-2-12(3-9-16)18(23)20-14-10-17(22)21(11-14)15-6-4-13(19)5-7-15/h2-9,14H,10-11H2,1H3,(H,20,23)/t14-/m1/s1. The van der Waals surface area contributed by atoms with E-state index in [1.165, 1.54) is 12.1 Å². The molecule has 2 aromatic rings. The summed E-state index contributed by atoms with van der Waals surface area (Å²) in [6.45, 7) is 0.367. The van der Waals surface area contributed by atoms with Gasteiger partial charge in [-0.2, -0.15) is 0 Å². The summed E-state index contributed by atoms with van der Waals surface area (Å²) in [5.41, 5.74) is 1.13. The van der Waals surface area contributed by atoms with Gasteiger partial charge in [0, 0.05) is 24.2 Å². The Labute approximate surface area is 139 Å². The molecule has 1 aliphatic rings. The Bertz CT molecular complexity index is 744. The lowest BCUT2D eigenvalue weighted by Gasteiger charge is -2.17. The van der Waals surface area contributed by atoms with Crippen molar-refractivity contribution in [3.63, 3.8) is 0 Å². The van der Waals surface area contributed by atoms with Crippen molar-refractivity contribution in [1.29, 1.82) is 0 Å². The monoisotopic (exact) mass is 328 g/mol. The summed E-state index contributed by atoms with van der Waals surface area (Å²) in [6.07, 6.45) is 0.221. The number of hydrogen-bond acceptors (Lipinski definition) is 3. The summed E-state index contributed by atoms with van der Waals surface area (Å²) in [5.74, 6) is -0.0159. The fraction of sp³-hybridized carbons (Fsp3) is 0.222. The van der Waals surface area contributed by atoms with Crippen LogP contribution in [0, 0.1) is 5.82 Å². The minimum Gasteiger partial charge on any atom is -0.497 e. The lowest BCUT2D eigenvalue weighted by Crippen LogP contribution is -2.37. The average Bonchev–Trinajstić information content (AvgIpc) is 2.96. The van der Waals surface area contributed by atoms with Gasteiger partial charge in [-0.15, -0.1) is 0 Å². The normalized spacial score (nSPS) is 17.0. The number of carbonyl (C=O) groups is 2. The van der Waals surface area contributed by atoms with Crippen LogP contribution in [0.15, 0.2) is 48.5 Å². The van der Waals surface area contributed by atoms with Crippen LogP contribution in [0.3, 0.4) is 0 Å². The number of amides is 2. The van der Waals surface area contributed by atoms with Gasteiger partial charge in [0.05, 0.1) is 13.2 Å². The second-order valence-electron chi connectivity index (χ2n) is 5.58. The molecule has 2 aromatic carbocycles. The smallest absolute Gasteiger partial charge is 0.251 e. The number of halogens is 1. The maximum absolute atomic E-state index is 13.0. The molecule has 0 aliphatic carbocycles. The molecule has 0 unspecified atom stereocenters. The maximum atomic E-state index is 13.0. The number of rotatable bonds is 4. The van der Waals surface area contributed by atoms with E-state index in [9.17, 15) is 14.0 Å². The highest BCUT2D eigenvalue weighted by atomic mass is 19.1. The second-order valence-corrected chi connectivity index (χ2v) is 5.58. The van der Waals surface area contributed by atoms with E-state index in [-0.39, 0.29) is 30.1 Å². The van der Waals surface area contributed by atoms with Gasteiger partial charge in [0.2, 0.25) is 5.91 Å². The number of anilines is 1. The predicted molar refractivity (Wildman–Crippen MR) is 87.6 cm³/mol.